The number of nitrogens with zero attached hydrogens (tertiary/aromatic N) is 4. The second kappa shape index (κ2) is 4.06. The monoisotopic (exact) mass is 228 g/mol. The third-order valence-corrected chi connectivity index (χ3v) is 2.88. The summed E-state index contributed by atoms with van der Waals surface area (Å²) in [4.78, 5) is 4.36. The number of rotatable bonds is 3. The van der Waals surface area contributed by atoms with Crippen LogP contribution in [0.1, 0.15) is 16.5 Å². The van der Waals surface area contributed by atoms with Gasteiger partial charge in [0.15, 0.2) is 0 Å². The Morgan fingerprint density at radius 3 is 3.07 bits per heavy atom. The fraction of sp³-hybridized carbons (Fsp3) is 0.375. The van der Waals surface area contributed by atoms with Crippen LogP contribution >= 0.6 is 22.9 Å². The van der Waals surface area contributed by atoms with Crippen LogP contribution in [0, 0.1) is 6.92 Å². The molecule has 0 saturated heterocycles. The maximum Gasteiger partial charge on any atom is 0.148 e. The van der Waals surface area contributed by atoms with Gasteiger partial charge < -0.3 is 4.57 Å². The zero-order chi connectivity index (χ0) is 9.97. The van der Waals surface area contributed by atoms with E-state index in [0.29, 0.717) is 12.4 Å². The van der Waals surface area contributed by atoms with Crippen LogP contribution in [0.15, 0.2) is 11.7 Å². The second-order valence-electron chi connectivity index (χ2n) is 2.87. The molecule has 0 fully saturated rings. The van der Waals surface area contributed by atoms with E-state index in [1.54, 1.807) is 17.7 Å². The first kappa shape index (κ1) is 9.61. The van der Waals surface area contributed by atoms with Gasteiger partial charge >= 0.3 is 0 Å². The molecule has 0 spiro atoms. The summed E-state index contributed by atoms with van der Waals surface area (Å²) in [5.74, 6) is 1.15. The van der Waals surface area contributed by atoms with Crippen molar-refractivity contribution in [3.05, 3.63) is 28.2 Å². The summed E-state index contributed by atoms with van der Waals surface area (Å²) in [5, 5.41) is 10.8. The van der Waals surface area contributed by atoms with Crippen LogP contribution in [-0.2, 0) is 12.4 Å². The van der Waals surface area contributed by atoms with Crippen LogP contribution in [0.4, 0.5) is 0 Å². The SMILES string of the molecule is Cc1nc(Cn2cnnc2CCl)cs1. The van der Waals surface area contributed by atoms with Gasteiger partial charge in [0.05, 0.1) is 23.1 Å². The lowest BCUT2D eigenvalue weighted by Crippen LogP contribution is -2.02. The zero-order valence-corrected chi connectivity index (χ0v) is 9.22. The Morgan fingerprint density at radius 2 is 2.43 bits per heavy atom. The van der Waals surface area contributed by atoms with Crippen LogP contribution in [0.5, 0.6) is 0 Å². The maximum atomic E-state index is 5.70. The molecule has 0 unspecified atom stereocenters. The Hall–Kier alpha value is -0.940. The average Bonchev–Trinajstić information content (AvgIpc) is 2.76. The number of hydrogen-bond donors (Lipinski definition) is 0. The lowest BCUT2D eigenvalue weighted by molar-refractivity contribution is 0.738. The highest BCUT2D eigenvalue weighted by atomic mass is 35.5. The minimum Gasteiger partial charge on any atom is -0.310 e. The Morgan fingerprint density at radius 1 is 1.57 bits per heavy atom. The predicted octanol–water partition coefficient (Wildman–Crippen LogP) is 1.83. The molecule has 14 heavy (non-hydrogen) atoms. The number of halogens is 1. The van der Waals surface area contributed by atoms with E-state index in [1.807, 2.05) is 16.9 Å². The van der Waals surface area contributed by atoms with E-state index in [1.165, 1.54) is 0 Å². The number of hydrogen-bond acceptors (Lipinski definition) is 4. The number of alkyl halides is 1. The van der Waals surface area contributed by atoms with Gasteiger partial charge in [0, 0.05) is 5.38 Å². The number of thiazole rings is 1. The summed E-state index contributed by atoms with van der Waals surface area (Å²) >= 11 is 7.35. The summed E-state index contributed by atoms with van der Waals surface area (Å²) in [7, 11) is 0. The molecule has 0 radical (unpaired) electrons. The van der Waals surface area contributed by atoms with Crippen LogP contribution < -0.4 is 0 Å². The van der Waals surface area contributed by atoms with Crippen molar-refractivity contribution in [1.29, 1.82) is 0 Å². The van der Waals surface area contributed by atoms with Gasteiger partial charge in [-0.05, 0) is 6.92 Å². The second-order valence-corrected chi connectivity index (χ2v) is 4.20. The lowest BCUT2D eigenvalue weighted by atomic mass is 10.4. The van der Waals surface area contributed by atoms with E-state index in [4.69, 9.17) is 11.6 Å². The van der Waals surface area contributed by atoms with E-state index < -0.39 is 0 Å². The van der Waals surface area contributed by atoms with E-state index in [9.17, 15) is 0 Å². The quantitative estimate of drug-likeness (QED) is 0.753. The Kier molecular flexibility index (Phi) is 2.79. The molecule has 2 aromatic rings. The molecular weight excluding hydrogens is 220 g/mol. The first-order valence-electron chi connectivity index (χ1n) is 4.13. The Balaban J connectivity index is 2.18. The third-order valence-electron chi connectivity index (χ3n) is 1.81. The highest BCUT2D eigenvalue weighted by molar-refractivity contribution is 7.09. The maximum absolute atomic E-state index is 5.70. The molecule has 0 saturated carbocycles. The standard InChI is InChI=1S/C8H9ClN4S/c1-6-11-7(4-14-6)3-13-5-10-12-8(13)2-9/h4-5H,2-3H2,1H3. The highest BCUT2D eigenvalue weighted by Crippen LogP contribution is 2.10. The van der Waals surface area contributed by atoms with Gasteiger partial charge in [-0.15, -0.1) is 33.1 Å². The molecule has 0 aliphatic carbocycles. The van der Waals surface area contributed by atoms with E-state index in [2.05, 4.69) is 15.2 Å². The largest absolute Gasteiger partial charge is 0.310 e. The van der Waals surface area contributed by atoms with Crippen LogP contribution in [0.3, 0.4) is 0 Å². The highest BCUT2D eigenvalue weighted by Gasteiger charge is 2.04. The molecule has 6 heteroatoms. The molecular formula is C8H9ClN4S. The van der Waals surface area contributed by atoms with Gasteiger partial charge in [-0.3, -0.25) is 0 Å². The molecule has 4 nitrogen and oxygen atoms in total. The van der Waals surface area contributed by atoms with Crippen molar-refractivity contribution in [3.8, 4) is 0 Å². The van der Waals surface area contributed by atoms with Crippen molar-refractivity contribution in [2.45, 2.75) is 19.3 Å². The van der Waals surface area contributed by atoms with Gasteiger partial charge in [-0.2, -0.15) is 0 Å². The van der Waals surface area contributed by atoms with Gasteiger partial charge in [0.2, 0.25) is 0 Å². The summed E-state index contributed by atoms with van der Waals surface area (Å²) in [6.07, 6.45) is 1.67. The summed E-state index contributed by atoms with van der Waals surface area (Å²) in [5.41, 5.74) is 1.03. The molecule has 0 aromatic carbocycles. The fourth-order valence-corrected chi connectivity index (χ4v) is 1.98. The minimum absolute atomic E-state index is 0.378. The predicted molar refractivity (Wildman–Crippen MR) is 55.5 cm³/mol. The van der Waals surface area contributed by atoms with E-state index in [0.717, 1.165) is 16.5 Å². The van der Waals surface area contributed by atoms with Crippen LogP contribution in [-0.4, -0.2) is 19.7 Å². The van der Waals surface area contributed by atoms with Crippen LogP contribution in [0.25, 0.3) is 0 Å². The molecule has 2 aromatic heterocycles. The van der Waals surface area contributed by atoms with Gasteiger partial charge in [0.25, 0.3) is 0 Å². The summed E-state index contributed by atoms with van der Waals surface area (Å²) < 4.78 is 1.90. The van der Waals surface area contributed by atoms with E-state index in [-0.39, 0.29) is 0 Å². The summed E-state index contributed by atoms with van der Waals surface area (Å²) in [6, 6.07) is 0. The van der Waals surface area contributed by atoms with Crippen molar-refractivity contribution in [2.75, 3.05) is 0 Å². The van der Waals surface area contributed by atoms with Crippen molar-refractivity contribution in [2.24, 2.45) is 0 Å². The molecule has 0 amide bonds. The fourth-order valence-electron chi connectivity index (χ4n) is 1.17. The smallest absolute Gasteiger partial charge is 0.148 e. The molecule has 2 rings (SSSR count). The normalized spacial score (nSPS) is 10.7. The van der Waals surface area contributed by atoms with Gasteiger partial charge in [0.1, 0.15) is 12.2 Å². The average molecular weight is 229 g/mol. The van der Waals surface area contributed by atoms with E-state index >= 15 is 0 Å². The van der Waals surface area contributed by atoms with Crippen molar-refractivity contribution in [3.63, 3.8) is 0 Å². The first-order valence-corrected chi connectivity index (χ1v) is 5.54. The molecule has 74 valence electrons. The van der Waals surface area contributed by atoms with Crippen LogP contribution in [0.2, 0.25) is 0 Å². The van der Waals surface area contributed by atoms with Crippen molar-refractivity contribution >= 4 is 22.9 Å². The van der Waals surface area contributed by atoms with Crippen molar-refractivity contribution < 1.29 is 0 Å². The topological polar surface area (TPSA) is 43.6 Å². The molecule has 2 heterocycles. The van der Waals surface area contributed by atoms with Gasteiger partial charge in [-0.25, -0.2) is 4.98 Å². The number of aromatic nitrogens is 4. The molecule has 0 bridgehead atoms. The Labute approximate surface area is 90.6 Å². The molecule has 0 aliphatic rings. The molecule has 0 atom stereocenters. The molecule has 0 aliphatic heterocycles. The summed E-state index contributed by atoms with van der Waals surface area (Å²) in [6.45, 7) is 2.68. The Bertz CT molecular complexity index is 422. The van der Waals surface area contributed by atoms with Crippen molar-refractivity contribution in [1.82, 2.24) is 19.7 Å². The lowest BCUT2D eigenvalue weighted by Gasteiger charge is -2.00. The number of aryl methyl sites for hydroxylation is 1. The molecule has 0 N–H and O–H groups in total. The zero-order valence-electron chi connectivity index (χ0n) is 7.64. The first-order chi connectivity index (χ1) is 6.79. The minimum atomic E-state index is 0.378. The van der Waals surface area contributed by atoms with Gasteiger partial charge in [-0.1, -0.05) is 0 Å². The third kappa shape index (κ3) is 1.93.